The molecule has 0 aliphatic heterocycles. The lowest BCUT2D eigenvalue weighted by molar-refractivity contribution is 0.0499. The molecule has 2 rings (SSSR count). The Bertz CT molecular complexity index is 788. The van der Waals surface area contributed by atoms with E-state index in [1.165, 1.54) is 14.0 Å². The zero-order valence-electron chi connectivity index (χ0n) is 13.8. The summed E-state index contributed by atoms with van der Waals surface area (Å²) in [5.74, 6) is -12.4. The van der Waals surface area contributed by atoms with Gasteiger partial charge < -0.3 is 9.57 Å². The Morgan fingerprint density at radius 1 is 1.12 bits per heavy atom. The standard InChI is InChI=1S/C17H14F5NO3/c1-8(7-9-3-5-10(25-2)6-4-9)23-26-17(24)11-12(18)14(20)16(22)15(21)13(11)19/h3,5-6,9H,4,7H2,1-2H3/b23-8+. The number of nitrogens with zero attached hydrogens (tertiary/aromatic N) is 1. The van der Waals surface area contributed by atoms with Gasteiger partial charge in [-0.3, -0.25) is 0 Å². The quantitative estimate of drug-likeness (QED) is 0.191. The molecule has 0 heterocycles. The van der Waals surface area contributed by atoms with Crippen molar-refractivity contribution in [3.05, 3.63) is 58.6 Å². The van der Waals surface area contributed by atoms with Crippen LogP contribution in [0.15, 0.2) is 29.1 Å². The van der Waals surface area contributed by atoms with Gasteiger partial charge in [-0.2, -0.15) is 0 Å². The Morgan fingerprint density at radius 2 is 1.69 bits per heavy atom. The fraction of sp³-hybridized carbons (Fsp3) is 0.294. The first-order chi connectivity index (χ1) is 12.3. The third-order valence-corrected chi connectivity index (χ3v) is 3.65. The molecule has 1 aliphatic carbocycles. The molecule has 1 unspecified atom stereocenters. The molecule has 0 fully saturated rings. The SMILES string of the molecule is COC1=CCC(C/C(C)=N/OC(=O)c2c(F)c(F)c(F)c(F)c2F)C=C1. The van der Waals surface area contributed by atoms with Gasteiger partial charge in [0.2, 0.25) is 5.82 Å². The van der Waals surface area contributed by atoms with Crippen molar-refractivity contribution in [1.29, 1.82) is 0 Å². The maximum Gasteiger partial charge on any atom is 0.371 e. The molecule has 0 saturated carbocycles. The van der Waals surface area contributed by atoms with Crippen LogP contribution >= 0.6 is 0 Å². The molecule has 4 nitrogen and oxygen atoms in total. The number of allylic oxidation sites excluding steroid dienone is 3. The van der Waals surface area contributed by atoms with Crippen molar-refractivity contribution in [3.63, 3.8) is 0 Å². The first-order valence-corrected chi connectivity index (χ1v) is 7.44. The molecule has 9 heteroatoms. The number of hydrogen-bond acceptors (Lipinski definition) is 4. The van der Waals surface area contributed by atoms with Gasteiger partial charge in [-0.15, -0.1) is 0 Å². The van der Waals surface area contributed by atoms with Crippen molar-refractivity contribution >= 4 is 11.7 Å². The number of rotatable bonds is 5. The summed E-state index contributed by atoms with van der Waals surface area (Å²) in [4.78, 5) is 16.0. The van der Waals surface area contributed by atoms with E-state index in [0.29, 0.717) is 24.3 Å². The molecule has 1 atom stereocenters. The van der Waals surface area contributed by atoms with Crippen LogP contribution in [0.4, 0.5) is 22.0 Å². The van der Waals surface area contributed by atoms with Gasteiger partial charge in [0.1, 0.15) is 11.3 Å². The van der Waals surface area contributed by atoms with Gasteiger partial charge in [0.05, 0.1) is 12.8 Å². The summed E-state index contributed by atoms with van der Waals surface area (Å²) in [7, 11) is 1.53. The highest BCUT2D eigenvalue weighted by atomic mass is 19.2. The van der Waals surface area contributed by atoms with E-state index in [2.05, 4.69) is 9.99 Å². The van der Waals surface area contributed by atoms with Crippen molar-refractivity contribution in [2.24, 2.45) is 11.1 Å². The van der Waals surface area contributed by atoms with Crippen LogP contribution in [0.5, 0.6) is 0 Å². The third-order valence-electron chi connectivity index (χ3n) is 3.65. The van der Waals surface area contributed by atoms with Crippen LogP contribution in [0.3, 0.4) is 0 Å². The predicted molar refractivity (Wildman–Crippen MR) is 81.7 cm³/mol. The fourth-order valence-corrected chi connectivity index (χ4v) is 2.31. The van der Waals surface area contributed by atoms with E-state index in [4.69, 9.17) is 4.74 Å². The second-order valence-electron chi connectivity index (χ2n) is 5.52. The average molecular weight is 375 g/mol. The second kappa shape index (κ2) is 8.11. The van der Waals surface area contributed by atoms with Crippen LogP contribution in [-0.2, 0) is 9.57 Å². The molecular formula is C17H14F5NO3. The van der Waals surface area contributed by atoms with Crippen molar-refractivity contribution in [2.75, 3.05) is 7.11 Å². The molecule has 0 aromatic heterocycles. The van der Waals surface area contributed by atoms with E-state index in [1.54, 1.807) is 6.08 Å². The summed E-state index contributed by atoms with van der Waals surface area (Å²) in [6, 6.07) is 0. The fourth-order valence-electron chi connectivity index (χ4n) is 2.31. The number of carbonyl (C=O) groups excluding carboxylic acids is 1. The van der Waals surface area contributed by atoms with Crippen LogP contribution in [0, 0.1) is 35.0 Å². The summed E-state index contributed by atoms with van der Waals surface area (Å²) >= 11 is 0. The highest BCUT2D eigenvalue weighted by molar-refractivity contribution is 5.91. The van der Waals surface area contributed by atoms with Crippen molar-refractivity contribution in [1.82, 2.24) is 0 Å². The van der Waals surface area contributed by atoms with E-state index in [9.17, 15) is 26.7 Å². The first-order valence-electron chi connectivity index (χ1n) is 7.44. The number of ether oxygens (including phenoxy) is 1. The molecule has 0 spiro atoms. The number of benzene rings is 1. The minimum absolute atomic E-state index is 0.0329. The number of hydrogen-bond donors (Lipinski definition) is 0. The van der Waals surface area contributed by atoms with E-state index in [-0.39, 0.29) is 5.92 Å². The average Bonchev–Trinajstić information content (AvgIpc) is 2.64. The van der Waals surface area contributed by atoms with Crippen LogP contribution < -0.4 is 0 Å². The lowest BCUT2D eigenvalue weighted by atomic mass is 9.95. The monoisotopic (exact) mass is 375 g/mol. The minimum Gasteiger partial charge on any atom is -0.497 e. The topological polar surface area (TPSA) is 47.9 Å². The van der Waals surface area contributed by atoms with Crippen LogP contribution in [0.1, 0.15) is 30.1 Å². The zero-order chi connectivity index (χ0) is 19.4. The molecule has 1 aromatic rings. The molecule has 140 valence electrons. The third kappa shape index (κ3) is 4.09. The molecular weight excluding hydrogens is 361 g/mol. The highest BCUT2D eigenvalue weighted by Crippen LogP contribution is 2.24. The molecule has 0 saturated heterocycles. The summed E-state index contributed by atoms with van der Waals surface area (Å²) in [6.45, 7) is 1.50. The lowest BCUT2D eigenvalue weighted by Crippen LogP contribution is -2.14. The predicted octanol–water partition coefficient (Wildman–Crippen LogP) is 4.41. The first kappa shape index (κ1) is 19.6. The molecule has 0 amide bonds. The summed E-state index contributed by atoms with van der Waals surface area (Å²) < 4.78 is 71.3. The van der Waals surface area contributed by atoms with Crippen LogP contribution in [0.2, 0.25) is 0 Å². The molecule has 1 aromatic carbocycles. The number of oxime groups is 1. The molecule has 1 aliphatic rings. The molecule has 0 bridgehead atoms. The Balaban J connectivity index is 2.08. The van der Waals surface area contributed by atoms with E-state index in [1.807, 2.05) is 12.2 Å². The number of carbonyl (C=O) groups is 1. The number of halogens is 5. The van der Waals surface area contributed by atoms with Gasteiger partial charge in [-0.25, -0.2) is 26.7 Å². The highest BCUT2D eigenvalue weighted by Gasteiger charge is 2.31. The van der Waals surface area contributed by atoms with E-state index >= 15 is 0 Å². The van der Waals surface area contributed by atoms with Gasteiger partial charge in [0.15, 0.2) is 23.3 Å². The molecule has 0 radical (unpaired) electrons. The summed E-state index contributed by atoms with van der Waals surface area (Å²) in [6.07, 6.45) is 6.44. The minimum atomic E-state index is -2.36. The zero-order valence-corrected chi connectivity index (χ0v) is 13.8. The van der Waals surface area contributed by atoms with Gasteiger partial charge in [0, 0.05) is 0 Å². The molecule has 0 N–H and O–H groups in total. The van der Waals surface area contributed by atoms with Gasteiger partial charge in [-0.05, 0) is 37.8 Å². The van der Waals surface area contributed by atoms with Gasteiger partial charge in [-0.1, -0.05) is 11.2 Å². The smallest absolute Gasteiger partial charge is 0.371 e. The second-order valence-corrected chi connectivity index (χ2v) is 5.52. The Kier molecular flexibility index (Phi) is 6.12. The van der Waals surface area contributed by atoms with E-state index < -0.39 is 40.6 Å². The Hall–Kier alpha value is -2.71. The molecule has 26 heavy (non-hydrogen) atoms. The largest absolute Gasteiger partial charge is 0.497 e. The number of methoxy groups -OCH3 is 1. The van der Waals surface area contributed by atoms with Gasteiger partial charge in [0.25, 0.3) is 0 Å². The van der Waals surface area contributed by atoms with E-state index in [0.717, 1.165) is 0 Å². The van der Waals surface area contributed by atoms with Crippen molar-refractivity contribution < 1.29 is 36.3 Å². The summed E-state index contributed by atoms with van der Waals surface area (Å²) in [5, 5.41) is 3.41. The van der Waals surface area contributed by atoms with Crippen LogP contribution in [0.25, 0.3) is 0 Å². The maximum atomic E-state index is 13.5. The Labute approximate surface area is 145 Å². The lowest BCUT2D eigenvalue weighted by Gasteiger charge is -2.15. The normalized spacial score (nSPS) is 17.1. The van der Waals surface area contributed by atoms with Crippen LogP contribution in [-0.4, -0.2) is 18.8 Å². The Morgan fingerprint density at radius 3 is 2.19 bits per heavy atom. The summed E-state index contributed by atoms with van der Waals surface area (Å²) in [5.41, 5.74) is -1.39. The maximum absolute atomic E-state index is 13.5. The van der Waals surface area contributed by atoms with Crippen molar-refractivity contribution in [2.45, 2.75) is 19.8 Å². The van der Waals surface area contributed by atoms with Gasteiger partial charge >= 0.3 is 5.97 Å². The van der Waals surface area contributed by atoms with Crippen molar-refractivity contribution in [3.8, 4) is 0 Å².